The summed E-state index contributed by atoms with van der Waals surface area (Å²) in [6, 6.07) is 17.1. The molecule has 10 rings (SSSR count). The van der Waals surface area contributed by atoms with Gasteiger partial charge in [0, 0.05) is 89.7 Å². The maximum absolute atomic E-state index is 12.6. The van der Waals surface area contributed by atoms with Crippen LogP contribution in [0.3, 0.4) is 0 Å². The van der Waals surface area contributed by atoms with Crippen LogP contribution in [0.2, 0.25) is 0 Å². The van der Waals surface area contributed by atoms with E-state index in [1.54, 1.807) is 0 Å². The number of H-pyrrole nitrogens is 2. The zero-order valence-electron chi connectivity index (χ0n) is 37.6. The van der Waals surface area contributed by atoms with Crippen molar-refractivity contribution in [2.75, 3.05) is 65.6 Å². The van der Waals surface area contributed by atoms with Crippen LogP contribution in [-0.2, 0) is 23.8 Å². The fourth-order valence-electron chi connectivity index (χ4n) is 10.4. The van der Waals surface area contributed by atoms with Gasteiger partial charge in [0.2, 0.25) is 0 Å². The minimum atomic E-state index is -0.831. The van der Waals surface area contributed by atoms with Crippen molar-refractivity contribution in [1.82, 2.24) is 38.7 Å². The van der Waals surface area contributed by atoms with Gasteiger partial charge in [-0.1, -0.05) is 24.3 Å². The number of carboxylic acid groups (broad SMARTS) is 1. The van der Waals surface area contributed by atoms with Crippen molar-refractivity contribution >= 4 is 40.0 Å². The molecule has 348 valence electrons. The molecule has 6 saturated heterocycles. The summed E-state index contributed by atoms with van der Waals surface area (Å²) in [5, 5.41) is 8.29. The normalized spacial score (nSPS) is 25.0. The van der Waals surface area contributed by atoms with Crippen LogP contribution in [0.5, 0.6) is 0 Å². The van der Waals surface area contributed by atoms with E-state index in [9.17, 15) is 24.0 Å². The maximum atomic E-state index is 12.6. The lowest BCUT2D eigenvalue weighted by atomic mass is 10.0. The molecular weight excluding hydrogens is 821 g/mol. The van der Waals surface area contributed by atoms with Crippen molar-refractivity contribution < 1.29 is 33.7 Å². The zero-order valence-corrected chi connectivity index (χ0v) is 37.6. The number of para-hydroxylation sites is 4. The molecule has 0 aliphatic carbocycles. The molecule has 6 aliphatic heterocycles. The number of carbonyl (C=O) groups is 3. The van der Waals surface area contributed by atoms with Gasteiger partial charge in [-0.15, -0.1) is 0 Å². The second-order valence-corrected chi connectivity index (χ2v) is 19.1. The summed E-state index contributed by atoms with van der Waals surface area (Å²) in [7, 11) is 0. The number of carboxylic acids is 1. The monoisotopic (exact) mass is 886 g/mol. The van der Waals surface area contributed by atoms with E-state index < -0.39 is 17.7 Å². The number of rotatable bonds is 6. The smallest absolute Gasteiger partial charge is 0.410 e. The second-order valence-electron chi connectivity index (χ2n) is 19.1. The first kappa shape index (κ1) is 45.6. The predicted molar refractivity (Wildman–Crippen MR) is 242 cm³/mol. The van der Waals surface area contributed by atoms with Crippen molar-refractivity contribution in [1.29, 1.82) is 0 Å². The third-order valence-electron chi connectivity index (χ3n) is 13.7. The standard InChI is InChI=1S/C21H28N4O3.C21H30N4O3.C5H8O3/c26-20(19-6-3-13-28-19)24-12-9-16(14-24)23-10-7-15(8-11-23)25-18-5-2-1-4-17(18)22-21(25)27;1-21(2,3)28-20(27)24-13-10-16(14-24)23-11-8-15(9-12-23)25-18-7-5-4-6-17(18)22-19(25)26;6-5(7)4-2-1-3-8-4/h1-2,4-5,15-16,19H,3,6-14H2,(H,22,27);4-7,15-16H,8-14H2,1-3H3,(H,22,26);4H,1-3H2,(H,6,7)/t16-,19-;16-;4-/m000/s1. The highest BCUT2D eigenvalue weighted by Gasteiger charge is 2.38. The molecule has 2 aromatic heterocycles. The Morgan fingerprint density at radius 3 is 1.48 bits per heavy atom. The quantitative estimate of drug-likeness (QED) is 0.237. The number of carbonyl (C=O) groups excluding carboxylic acids is 2. The molecular formula is C47H66N8O9. The number of imidazole rings is 2. The number of hydrogen-bond acceptors (Lipinski definition) is 10. The van der Waals surface area contributed by atoms with Crippen LogP contribution in [0.1, 0.15) is 97.1 Å². The van der Waals surface area contributed by atoms with Crippen molar-refractivity contribution in [2.24, 2.45) is 0 Å². The van der Waals surface area contributed by atoms with Gasteiger partial charge in [0.25, 0.3) is 5.91 Å². The van der Waals surface area contributed by atoms with E-state index in [1.807, 2.05) is 88.2 Å². The first-order valence-electron chi connectivity index (χ1n) is 23.4. The molecule has 6 aliphatic rings. The molecule has 2 amide bonds. The van der Waals surface area contributed by atoms with Gasteiger partial charge < -0.3 is 39.1 Å². The summed E-state index contributed by atoms with van der Waals surface area (Å²) in [6.45, 7) is 14.0. The molecule has 0 saturated carbocycles. The molecule has 8 heterocycles. The van der Waals surface area contributed by atoms with E-state index in [0.717, 1.165) is 132 Å². The van der Waals surface area contributed by atoms with Gasteiger partial charge in [0.15, 0.2) is 6.10 Å². The van der Waals surface area contributed by atoms with E-state index in [2.05, 4.69) is 19.8 Å². The summed E-state index contributed by atoms with van der Waals surface area (Å²) in [6.07, 6.45) is 8.34. The van der Waals surface area contributed by atoms with E-state index in [4.69, 9.17) is 19.3 Å². The fraction of sp³-hybridized carbons (Fsp3) is 0.638. The number of likely N-dealkylation sites (tertiary alicyclic amines) is 4. The van der Waals surface area contributed by atoms with Gasteiger partial charge >= 0.3 is 23.4 Å². The number of piperidine rings is 2. The van der Waals surface area contributed by atoms with Gasteiger partial charge in [-0.2, -0.15) is 0 Å². The molecule has 3 N–H and O–H groups in total. The number of ether oxygens (including phenoxy) is 3. The summed E-state index contributed by atoms with van der Waals surface area (Å²) < 4.78 is 19.8. The topological polar surface area (TPSA) is 188 Å². The molecule has 4 aromatic rings. The third kappa shape index (κ3) is 10.6. The minimum absolute atomic E-state index is 0.00569. The highest BCUT2D eigenvalue weighted by Crippen LogP contribution is 2.30. The van der Waals surface area contributed by atoms with Crippen LogP contribution >= 0.6 is 0 Å². The van der Waals surface area contributed by atoms with E-state index >= 15 is 0 Å². The number of hydrogen-bond donors (Lipinski definition) is 3. The Morgan fingerprint density at radius 2 is 1.05 bits per heavy atom. The lowest BCUT2D eigenvalue weighted by Crippen LogP contribution is -2.45. The largest absolute Gasteiger partial charge is 0.479 e. The second kappa shape index (κ2) is 20.0. The van der Waals surface area contributed by atoms with Crippen LogP contribution < -0.4 is 11.4 Å². The highest BCUT2D eigenvalue weighted by molar-refractivity contribution is 5.81. The fourth-order valence-corrected chi connectivity index (χ4v) is 10.4. The summed E-state index contributed by atoms with van der Waals surface area (Å²) in [4.78, 5) is 74.6. The predicted octanol–water partition coefficient (Wildman–Crippen LogP) is 4.97. The number of amides is 2. The maximum Gasteiger partial charge on any atom is 0.410 e. The average Bonchev–Trinajstić information content (AvgIpc) is 4.14. The van der Waals surface area contributed by atoms with Gasteiger partial charge in [-0.25, -0.2) is 19.2 Å². The van der Waals surface area contributed by atoms with Gasteiger partial charge in [-0.3, -0.25) is 23.7 Å². The van der Waals surface area contributed by atoms with E-state index in [0.29, 0.717) is 31.7 Å². The Hall–Kier alpha value is -4.97. The molecule has 0 bridgehead atoms. The molecule has 17 heteroatoms. The van der Waals surface area contributed by atoms with Crippen LogP contribution in [0.4, 0.5) is 4.79 Å². The van der Waals surface area contributed by atoms with Crippen LogP contribution in [0, 0.1) is 0 Å². The number of aromatic nitrogens is 4. The lowest BCUT2D eigenvalue weighted by Gasteiger charge is -2.36. The van der Waals surface area contributed by atoms with Crippen LogP contribution in [0.25, 0.3) is 22.1 Å². The summed E-state index contributed by atoms with van der Waals surface area (Å²) in [5.74, 6) is -0.650. The number of nitrogens with one attached hydrogen (secondary N) is 2. The first-order chi connectivity index (χ1) is 30.8. The number of aliphatic carboxylic acids is 1. The summed E-state index contributed by atoms with van der Waals surface area (Å²) >= 11 is 0. The Morgan fingerprint density at radius 1 is 0.609 bits per heavy atom. The van der Waals surface area contributed by atoms with Gasteiger partial charge in [0.1, 0.15) is 11.7 Å². The van der Waals surface area contributed by atoms with E-state index in [-0.39, 0.29) is 41.6 Å². The molecule has 6 fully saturated rings. The molecule has 0 spiro atoms. The highest BCUT2D eigenvalue weighted by atomic mass is 16.6. The number of aromatic amines is 2. The van der Waals surface area contributed by atoms with Gasteiger partial charge in [0.05, 0.1) is 22.1 Å². The van der Waals surface area contributed by atoms with Crippen molar-refractivity contribution in [3.8, 4) is 0 Å². The molecule has 4 atom stereocenters. The third-order valence-corrected chi connectivity index (χ3v) is 13.7. The van der Waals surface area contributed by atoms with Crippen molar-refractivity contribution in [3.63, 3.8) is 0 Å². The molecule has 64 heavy (non-hydrogen) atoms. The lowest BCUT2D eigenvalue weighted by molar-refractivity contribution is -0.147. The van der Waals surface area contributed by atoms with Crippen molar-refractivity contribution in [3.05, 3.63) is 69.5 Å². The Balaban J connectivity index is 0.000000149. The van der Waals surface area contributed by atoms with Gasteiger partial charge in [-0.05, 0) is 109 Å². The van der Waals surface area contributed by atoms with E-state index in [1.165, 1.54) is 0 Å². The number of benzene rings is 2. The van der Waals surface area contributed by atoms with Crippen LogP contribution in [0.15, 0.2) is 58.1 Å². The van der Waals surface area contributed by atoms with Crippen LogP contribution in [-0.4, -0.2) is 157 Å². The summed E-state index contributed by atoms with van der Waals surface area (Å²) in [5.41, 5.74) is 3.32. The Labute approximate surface area is 373 Å². The first-order valence-corrected chi connectivity index (χ1v) is 23.4. The molecule has 0 radical (unpaired) electrons. The number of fused-ring (bicyclic) bond motifs is 2. The zero-order chi connectivity index (χ0) is 45.0. The Kier molecular flexibility index (Phi) is 14.3. The van der Waals surface area contributed by atoms with Crippen molar-refractivity contribution in [2.45, 2.75) is 127 Å². The molecule has 2 aromatic carbocycles. The number of nitrogens with zero attached hydrogens (tertiary/aromatic N) is 6. The molecule has 0 unspecified atom stereocenters. The average molecular weight is 887 g/mol. The SMILES string of the molecule is CC(C)(C)OC(=O)N1CC[C@H](N2CCC(n3c(=O)[nH]c4ccccc43)CC2)C1.O=C(O)[C@@H]1CCCO1.O=C([C@@H]1CCCO1)N1CC[C@H](N2CCC(n3c(=O)[nH]c4ccccc43)CC2)C1. The Bertz CT molecular complexity index is 2340. The molecule has 17 nitrogen and oxygen atoms in total. The minimum Gasteiger partial charge on any atom is -0.479 e.